The Morgan fingerprint density at radius 2 is 1.89 bits per heavy atom. The average Bonchev–Trinajstić information content (AvgIpc) is 3.05. The number of anilines is 2. The smallest absolute Gasteiger partial charge is 0.420 e. The van der Waals surface area contributed by atoms with Crippen LogP contribution in [0.2, 0.25) is 0 Å². The van der Waals surface area contributed by atoms with E-state index in [4.69, 9.17) is 22.2 Å². The Kier molecular flexibility index (Phi) is 6.62. The quantitative estimate of drug-likeness (QED) is 0.452. The van der Waals surface area contributed by atoms with E-state index < -0.39 is 40.3 Å². The van der Waals surface area contributed by atoms with E-state index >= 15 is 4.39 Å². The molecule has 4 rings (SSSR count). The maximum atomic E-state index is 15.2. The van der Waals surface area contributed by atoms with Crippen LogP contribution < -0.4 is 19.9 Å². The Labute approximate surface area is 209 Å². The molecule has 0 radical (unpaired) electrons. The number of benzene rings is 2. The number of rotatable bonds is 6. The van der Waals surface area contributed by atoms with Gasteiger partial charge in [0.05, 0.1) is 30.3 Å². The normalized spacial score (nSPS) is 16.7. The molecule has 1 N–H and O–H groups in total. The lowest BCUT2D eigenvalue weighted by atomic mass is 9.75. The van der Waals surface area contributed by atoms with Gasteiger partial charge in [-0.15, -0.1) is 0 Å². The van der Waals surface area contributed by atoms with Crippen molar-refractivity contribution in [3.05, 3.63) is 53.3 Å². The second kappa shape index (κ2) is 9.39. The number of hydrogen-bond acceptors (Lipinski definition) is 5. The first-order chi connectivity index (χ1) is 17.0. The number of hydrogen-bond donors (Lipinski definition) is 1. The second-order valence-corrected chi connectivity index (χ2v) is 8.71. The maximum Gasteiger partial charge on any atom is 0.420 e. The van der Waals surface area contributed by atoms with Gasteiger partial charge in [-0.2, -0.15) is 18.4 Å². The van der Waals surface area contributed by atoms with E-state index in [9.17, 15) is 22.8 Å². The van der Waals surface area contributed by atoms with Gasteiger partial charge in [0.15, 0.2) is 10.9 Å². The third-order valence-electron chi connectivity index (χ3n) is 6.33. The highest BCUT2D eigenvalue weighted by Crippen LogP contribution is 2.49. The van der Waals surface area contributed by atoms with Gasteiger partial charge in [-0.25, -0.2) is 4.39 Å². The summed E-state index contributed by atoms with van der Waals surface area (Å²) >= 11 is 5.50. The Morgan fingerprint density at radius 3 is 2.42 bits per heavy atom. The lowest BCUT2D eigenvalue weighted by Gasteiger charge is -2.43. The van der Waals surface area contributed by atoms with E-state index in [0.717, 1.165) is 17.0 Å². The van der Waals surface area contributed by atoms with Gasteiger partial charge in [-0.05, 0) is 67.9 Å². The molecule has 0 aromatic heterocycles. The molecule has 2 aromatic carbocycles. The molecule has 1 heterocycles. The maximum absolute atomic E-state index is 15.2. The molecule has 0 unspecified atom stereocenters. The van der Waals surface area contributed by atoms with Crippen LogP contribution in [0.3, 0.4) is 0 Å². The van der Waals surface area contributed by atoms with E-state index in [1.54, 1.807) is 24.3 Å². The topological polar surface area (TPSA) is 85.7 Å². The fraction of sp³-hybridized carbons (Fsp3) is 0.333. The van der Waals surface area contributed by atoms with Crippen LogP contribution in [-0.2, 0) is 15.8 Å². The highest BCUT2D eigenvalue weighted by molar-refractivity contribution is 7.81. The van der Waals surface area contributed by atoms with Crippen molar-refractivity contribution in [1.29, 1.82) is 5.26 Å². The van der Waals surface area contributed by atoms with Crippen molar-refractivity contribution < 1.29 is 31.9 Å². The highest BCUT2D eigenvalue weighted by atomic mass is 32.1. The first-order valence-electron chi connectivity index (χ1n) is 11.0. The summed E-state index contributed by atoms with van der Waals surface area (Å²) < 4.78 is 61.4. The SMILES string of the molecule is CNC(=O)CCOc1ccc(N2C(=S)N(c3ccc(C#N)c(C(F)(F)F)c3F)C(=O)C23CCC3)cc1. The molecular formula is C24H20F4N4O3S. The number of nitrogens with one attached hydrogen (secondary N) is 1. The summed E-state index contributed by atoms with van der Waals surface area (Å²) in [5.74, 6) is -2.07. The molecule has 0 bridgehead atoms. The number of carbonyl (C=O) groups is 2. The van der Waals surface area contributed by atoms with E-state index in [1.807, 2.05) is 0 Å². The standard InChI is InChI=1S/C24H20F4N4O3S/c1-30-18(33)9-12-35-16-6-4-15(5-7-16)32-22(36)31(21(34)23(32)10-2-11-23)17-8-3-14(13-29)19(20(17)25)24(26,27)28/h3-8H,2,9-12H2,1H3,(H,30,33). The van der Waals surface area contributed by atoms with Gasteiger partial charge in [-0.3, -0.25) is 14.5 Å². The van der Waals surface area contributed by atoms with Gasteiger partial charge in [0.2, 0.25) is 5.91 Å². The zero-order chi connectivity index (χ0) is 26.3. The molecule has 7 nitrogen and oxygen atoms in total. The number of carbonyl (C=O) groups excluding carboxylic acids is 2. The fourth-order valence-corrected chi connectivity index (χ4v) is 4.84. The molecular weight excluding hydrogens is 500 g/mol. The minimum absolute atomic E-state index is 0.150. The molecule has 1 aliphatic carbocycles. The van der Waals surface area contributed by atoms with E-state index in [0.29, 0.717) is 30.7 Å². The van der Waals surface area contributed by atoms with Crippen LogP contribution in [-0.4, -0.2) is 36.1 Å². The third-order valence-corrected chi connectivity index (χ3v) is 6.70. The van der Waals surface area contributed by atoms with Crippen LogP contribution in [0.1, 0.15) is 36.8 Å². The molecule has 188 valence electrons. The molecule has 1 saturated carbocycles. The number of halogens is 4. The van der Waals surface area contributed by atoms with Crippen molar-refractivity contribution in [2.75, 3.05) is 23.5 Å². The molecule has 36 heavy (non-hydrogen) atoms. The first kappa shape index (κ1) is 25.4. The fourth-order valence-electron chi connectivity index (χ4n) is 4.38. The molecule has 0 atom stereocenters. The summed E-state index contributed by atoms with van der Waals surface area (Å²) in [6, 6.07) is 9.64. The monoisotopic (exact) mass is 520 g/mol. The van der Waals surface area contributed by atoms with Crippen LogP contribution in [0.25, 0.3) is 0 Å². The summed E-state index contributed by atoms with van der Waals surface area (Å²) in [6.07, 6.45) is -3.52. The number of nitrogens with zero attached hydrogens (tertiary/aromatic N) is 3. The summed E-state index contributed by atoms with van der Waals surface area (Å²) in [6.45, 7) is 0.150. The van der Waals surface area contributed by atoms with E-state index in [2.05, 4.69) is 5.32 Å². The lowest BCUT2D eigenvalue weighted by Crippen LogP contribution is -2.55. The summed E-state index contributed by atoms with van der Waals surface area (Å²) in [5.41, 5.74) is -3.93. The predicted molar refractivity (Wildman–Crippen MR) is 126 cm³/mol. The van der Waals surface area contributed by atoms with Crippen LogP contribution in [0.15, 0.2) is 36.4 Å². The van der Waals surface area contributed by atoms with E-state index in [-0.39, 0.29) is 24.0 Å². The van der Waals surface area contributed by atoms with Gasteiger partial charge in [0.1, 0.15) is 16.9 Å². The van der Waals surface area contributed by atoms with Gasteiger partial charge < -0.3 is 15.0 Å². The number of alkyl halides is 3. The van der Waals surface area contributed by atoms with Crippen LogP contribution >= 0.6 is 12.2 Å². The van der Waals surface area contributed by atoms with Crippen molar-refractivity contribution in [3.63, 3.8) is 0 Å². The zero-order valence-electron chi connectivity index (χ0n) is 19.0. The Hall–Kier alpha value is -3.72. The minimum Gasteiger partial charge on any atom is -0.493 e. The molecule has 1 spiro atoms. The van der Waals surface area contributed by atoms with Crippen molar-refractivity contribution >= 4 is 40.5 Å². The van der Waals surface area contributed by atoms with Crippen molar-refractivity contribution in [3.8, 4) is 11.8 Å². The molecule has 1 aliphatic heterocycles. The average molecular weight is 521 g/mol. The third kappa shape index (κ3) is 4.13. The summed E-state index contributed by atoms with van der Waals surface area (Å²) in [7, 11) is 1.52. The lowest BCUT2D eigenvalue weighted by molar-refractivity contribution is -0.140. The minimum atomic E-state index is -5.14. The van der Waals surface area contributed by atoms with Crippen LogP contribution in [0.5, 0.6) is 5.75 Å². The summed E-state index contributed by atoms with van der Waals surface area (Å²) in [5, 5.41) is 11.4. The number of thiocarbonyl (C=S) groups is 1. The van der Waals surface area contributed by atoms with Crippen LogP contribution in [0.4, 0.5) is 28.9 Å². The summed E-state index contributed by atoms with van der Waals surface area (Å²) in [4.78, 5) is 27.2. The molecule has 2 fully saturated rings. The van der Waals surface area contributed by atoms with Gasteiger partial charge in [0, 0.05) is 12.7 Å². The largest absolute Gasteiger partial charge is 0.493 e. The number of nitriles is 1. The molecule has 1 saturated heterocycles. The Bertz CT molecular complexity index is 1270. The molecule has 2 amide bonds. The highest BCUT2D eigenvalue weighted by Gasteiger charge is 2.60. The van der Waals surface area contributed by atoms with Gasteiger partial charge in [0.25, 0.3) is 5.91 Å². The molecule has 12 heteroatoms. The Morgan fingerprint density at radius 1 is 1.22 bits per heavy atom. The second-order valence-electron chi connectivity index (χ2n) is 8.34. The molecule has 2 aromatic rings. The van der Waals surface area contributed by atoms with Crippen molar-refractivity contribution in [1.82, 2.24) is 5.32 Å². The first-order valence-corrected chi connectivity index (χ1v) is 11.4. The van der Waals surface area contributed by atoms with Gasteiger partial charge in [-0.1, -0.05) is 0 Å². The number of ether oxygens (including phenoxy) is 1. The predicted octanol–water partition coefficient (Wildman–Crippen LogP) is 4.29. The molecule has 2 aliphatic rings. The van der Waals surface area contributed by atoms with Gasteiger partial charge >= 0.3 is 6.18 Å². The van der Waals surface area contributed by atoms with Crippen LogP contribution in [0, 0.1) is 17.1 Å². The number of amides is 2. The van der Waals surface area contributed by atoms with Crippen molar-refractivity contribution in [2.45, 2.75) is 37.4 Å². The zero-order valence-corrected chi connectivity index (χ0v) is 19.8. The van der Waals surface area contributed by atoms with Crippen molar-refractivity contribution in [2.24, 2.45) is 0 Å². The Balaban J connectivity index is 1.68. The van der Waals surface area contributed by atoms with E-state index in [1.165, 1.54) is 18.0 Å².